The fourth-order valence-electron chi connectivity index (χ4n) is 2.25. The van der Waals surface area contributed by atoms with E-state index in [0.717, 1.165) is 18.2 Å². The minimum atomic E-state index is -7.96. The molecule has 0 aliphatic rings. The molecule has 0 aliphatic carbocycles. The van der Waals surface area contributed by atoms with E-state index in [0.29, 0.717) is 0 Å². The van der Waals surface area contributed by atoms with Crippen molar-refractivity contribution in [3.63, 3.8) is 0 Å². The van der Waals surface area contributed by atoms with Crippen LogP contribution in [0.1, 0.15) is 18.6 Å². The summed E-state index contributed by atoms with van der Waals surface area (Å²) < 4.78 is 171. The molecule has 0 bridgehead atoms. The zero-order valence-electron chi connectivity index (χ0n) is 14.2. The van der Waals surface area contributed by atoms with Crippen molar-refractivity contribution in [2.24, 2.45) is 5.92 Å². The van der Waals surface area contributed by atoms with Crippen LogP contribution in [-0.2, 0) is 0 Å². The van der Waals surface area contributed by atoms with Gasteiger partial charge in [-0.15, -0.1) is 0 Å². The standard InChI is InChI=1S/C15H10F13IO/c1-6(9(30)7-4-2-3-5-8(7)29)10(16,17)11(18,19)12(20,21)13(22,23)14(24,25)15(26,27)28/h2-6,9,30H,1H3. The van der Waals surface area contributed by atoms with E-state index in [1.807, 2.05) is 0 Å². The van der Waals surface area contributed by atoms with Crippen molar-refractivity contribution in [3.05, 3.63) is 33.4 Å². The van der Waals surface area contributed by atoms with E-state index in [2.05, 4.69) is 0 Å². The van der Waals surface area contributed by atoms with Crippen molar-refractivity contribution in [3.8, 4) is 0 Å². The largest absolute Gasteiger partial charge is 0.460 e. The highest BCUT2D eigenvalue weighted by Crippen LogP contribution is 2.62. The van der Waals surface area contributed by atoms with Crippen LogP contribution in [0.5, 0.6) is 0 Å². The molecule has 0 saturated carbocycles. The summed E-state index contributed by atoms with van der Waals surface area (Å²) in [4.78, 5) is 0. The lowest BCUT2D eigenvalue weighted by atomic mass is 9.83. The summed E-state index contributed by atoms with van der Waals surface area (Å²) in [5.41, 5.74) is -0.531. The highest BCUT2D eigenvalue weighted by molar-refractivity contribution is 14.1. The van der Waals surface area contributed by atoms with E-state index < -0.39 is 53.4 Å². The molecule has 1 aromatic carbocycles. The molecular formula is C15H10F13IO. The number of hydrogen-bond acceptors (Lipinski definition) is 1. The maximum atomic E-state index is 14.1. The second-order valence-corrected chi connectivity index (χ2v) is 7.34. The monoisotopic (exact) mass is 580 g/mol. The van der Waals surface area contributed by atoms with E-state index in [1.54, 1.807) is 0 Å². The summed E-state index contributed by atoms with van der Waals surface area (Å²) in [5.74, 6) is -40.7. The van der Waals surface area contributed by atoms with Crippen LogP contribution >= 0.6 is 22.6 Å². The quantitative estimate of drug-likeness (QED) is 0.282. The third kappa shape index (κ3) is 3.83. The first-order valence-corrected chi connectivity index (χ1v) is 8.55. The van der Waals surface area contributed by atoms with Crippen molar-refractivity contribution < 1.29 is 62.2 Å². The summed E-state index contributed by atoms with van der Waals surface area (Å²) >= 11 is 1.42. The first kappa shape index (κ1) is 27.0. The van der Waals surface area contributed by atoms with Crippen LogP contribution < -0.4 is 0 Å². The van der Waals surface area contributed by atoms with Gasteiger partial charge in [0.15, 0.2) is 0 Å². The van der Waals surface area contributed by atoms with Gasteiger partial charge in [-0.05, 0) is 34.2 Å². The van der Waals surface area contributed by atoms with Gasteiger partial charge >= 0.3 is 35.8 Å². The Morgan fingerprint density at radius 1 is 0.700 bits per heavy atom. The zero-order chi connectivity index (χ0) is 24.1. The van der Waals surface area contributed by atoms with Crippen LogP contribution in [0.15, 0.2) is 24.3 Å². The van der Waals surface area contributed by atoms with E-state index in [4.69, 9.17) is 0 Å². The molecule has 0 spiro atoms. The van der Waals surface area contributed by atoms with Gasteiger partial charge in [0.05, 0.1) is 12.0 Å². The number of benzene rings is 1. The van der Waals surface area contributed by atoms with Crippen molar-refractivity contribution in [2.75, 3.05) is 0 Å². The smallest absolute Gasteiger partial charge is 0.388 e. The molecule has 2 unspecified atom stereocenters. The van der Waals surface area contributed by atoms with Crippen LogP contribution in [0.2, 0.25) is 0 Å². The molecule has 0 aromatic heterocycles. The molecule has 1 N–H and O–H groups in total. The molecule has 0 radical (unpaired) electrons. The number of aliphatic hydroxyl groups excluding tert-OH is 1. The van der Waals surface area contributed by atoms with Gasteiger partial charge in [0.25, 0.3) is 0 Å². The topological polar surface area (TPSA) is 20.2 Å². The SMILES string of the molecule is CC(C(O)c1ccccc1I)C(F)(F)C(F)(F)C(F)(F)C(F)(F)C(F)(F)C(F)(F)F. The van der Waals surface area contributed by atoms with E-state index in [-0.39, 0.29) is 10.5 Å². The Balaban J connectivity index is 3.50. The summed E-state index contributed by atoms with van der Waals surface area (Å²) in [6, 6.07) is 4.45. The van der Waals surface area contributed by atoms with Gasteiger partial charge in [-0.1, -0.05) is 25.1 Å². The van der Waals surface area contributed by atoms with Crippen LogP contribution in [-0.4, -0.2) is 40.9 Å². The molecule has 0 saturated heterocycles. The molecule has 1 rings (SSSR count). The van der Waals surface area contributed by atoms with Crippen molar-refractivity contribution in [1.29, 1.82) is 0 Å². The first-order valence-electron chi connectivity index (χ1n) is 7.47. The first-order chi connectivity index (χ1) is 13.1. The molecule has 15 heteroatoms. The van der Waals surface area contributed by atoms with Gasteiger partial charge in [0, 0.05) is 3.57 Å². The number of halogens is 14. The Labute approximate surface area is 173 Å². The Morgan fingerprint density at radius 2 is 1.10 bits per heavy atom. The molecule has 0 amide bonds. The van der Waals surface area contributed by atoms with Gasteiger partial charge in [-0.25, -0.2) is 0 Å². The normalized spacial score (nSPS) is 17.1. The molecular weight excluding hydrogens is 570 g/mol. The molecule has 2 atom stereocenters. The third-order valence-corrected chi connectivity index (χ3v) is 5.21. The second-order valence-electron chi connectivity index (χ2n) is 6.17. The highest BCUT2D eigenvalue weighted by atomic mass is 127. The molecule has 1 nitrogen and oxygen atoms in total. The summed E-state index contributed by atoms with van der Waals surface area (Å²) in [5, 5.41) is 9.85. The average molecular weight is 580 g/mol. The van der Waals surface area contributed by atoms with Crippen LogP contribution in [0.4, 0.5) is 57.1 Å². The summed E-state index contributed by atoms with van der Waals surface area (Å²) in [6.45, 7) is 0.0117. The van der Waals surface area contributed by atoms with Crippen molar-refractivity contribution >= 4 is 22.6 Å². The molecule has 0 heterocycles. The van der Waals surface area contributed by atoms with Crippen LogP contribution in [0.25, 0.3) is 0 Å². The van der Waals surface area contributed by atoms with Crippen LogP contribution in [0, 0.1) is 9.49 Å². The minimum Gasteiger partial charge on any atom is -0.388 e. The maximum Gasteiger partial charge on any atom is 0.460 e. The number of rotatable bonds is 7. The van der Waals surface area contributed by atoms with Gasteiger partial charge < -0.3 is 5.11 Å². The number of alkyl halides is 13. The highest BCUT2D eigenvalue weighted by Gasteiger charge is 2.91. The van der Waals surface area contributed by atoms with Gasteiger partial charge in [0.1, 0.15) is 0 Å². The predicted molar refractivity (Wildman–Crippen MR) is 84.1 cm³/mol. The Morgan fingerprint density at radius 3 is 1.50 bits per heavy atom. The van der Waals surface area contributed by atoms with Gasteiger partial charge in [0.2, 0.25) is 0 Å². The van der Waals surface area contributed by atoms with E-state index in [1.165, 1.54) is 28.7 Å². The van der Waals surface area contributed by atoms with Gasteiger partial charge in [-0.3, -0.25) is 0 Å². The lowest BCUT2D eigenvalue weighted by Crippen LogP contribution is -2.71. The Hall–Kier alpha value is -1.00. The molecule has 0 aliphatic heterocycles. The Bertz CT molecular complexity index is 759. The molecule has 174 valence electrons. The molecule has 0 fully saturated rings. The maximum absolute atomic E-state index is 14.1. The van der Waals surface area contributed by atoms with Crippen LogP contribution in [0.3, 0.4) is 0 Å². The van der Waals surface area contributed by atoms with Crippen molar-refractivity contribution in [2.45, 2.75) is 48.8 Å². The lowest BCUT2D eigenvalue weighted by Gasteiger charge is -2.42. The molecule has 1 aromatic rings. The lowest BCUT2D eigenvalue weighted by molar-refractivity contribution is -0.444. The van der Waals surface area contributed by atoms with Gasteiger partial charge in [-0.2, -0.15) is 57.1 Å². The average Bonchev–Trinajstić information content (AvgIpc) is 2.59. The number of aliphatic hydroxyl groups is 1. The van der Waals surface area contributed by atoms with E-state index >= 15 is 0 Å². The van der Waals surface area contributed by atoms with E-state index in [9.17, 15) is 62.2 Å². The fraction of sp³-hybridized carbons (Fsp3) is 0.600. The predicted octanol–water partition coefficient (Wildman–Crippen LogP) is 6.70. The second kappa shape index (κ2) is 7.85. The minimum absolute atomic E-state index is 0.0117. The molecule has 30 heavy (non-hydrogen) atoms. The summed E-state index contributed by atoms with van der Waals surface area (Å²) in [7, 11) is 0. The summed E-state index contributed by atoms with van der Waals surface area (Å²) in [6.07, 6.45) is -10.2. The third-order valence-electron chi connectivity index (χ3n) is 4.23. The number of hydrogen-bond donors (Lipinski definition) is 1. The Kier molecular flexibility index (Phi) is 7.07. The van der Waals surface area contributed by atoms with Crippen molar-refractivity contribution in [1.82, 2.24) is 0 Å². The fourth-order valence-corrected chi connectivity index (χ4v) is 2.96. The zero-order valence-corrected chi connectivity index (χ0v) is 16.4.